The third-order valence-corrected chi connectivity index (χ3v) is 5.94. The van der Waals surface area contributed by atoms with Gasteiger partial charge in [0.15, 0.2) is 5.82 Å². The van der Waals surface area contributed by atoms with E-state index < -0.39 is 9.84 Å². The zero-order valence-electron chi connectivity index (χ0n) is 16.1. The molecule has 0 amide bonds. The molecular formula is C19H27N5O2S. The Hall–Kier alpha value is -2.06. The van der Waals surface area contributed by atoms with E-state index in [1.807, 2.05) is 26.0 Å². The van der Waals surface area contributed by atoms with Crippen LogP contribution in [-0.2, 0) is 9.84 Å². The number of aryl methyl sites for hydroxylation is 1. The lowest BCUT2D eigenvalue weighted by Crippen LogP contribution is -2.41. The number of likely N-dealkylation sites (tertiary alicyclic amines) is 1. The molecule has 0 aromatic carbocycles. The Kier molecular flexibility index (Phi) is 6.06. The van der Waals surface area contributed by atoms with Crippen molar-refractivity contribution in [3.63, 3.8) is 0 Å². The van der Waals surface area contributed by atoms with E-state index in [1.165, 1.54) is 6.26 Å². The molecule has 0 saturated carbocycles. The summed E-state index contributed by atoms with van der Waals surface area (Å²) in [5.41, 5.74) is 2.92. The van der Waals surface area contributed by atoms with Crippen molar-refractivity contribution >= 4 is 15.7 Å². The van der Waals surface area contributed by atoms with Crippen molar-refractivity contribution in [2.75, 3.05) is 37.0 Å². The summed E-state index contributed by atoms with van der Waals surface area (Å²) in [5, 5.41) is 3.58. The minimum absolute atomic E-state index is 0.226. The molecule has 0 atom stereocenters. The van der Waals surface area contributed by atoms with Crippen molar-refractivity contribution in [3.05, 3.63) is 35.8 Å². The normalized spacial score (nSPS) is 16.4. The number of hydrogen-bond donors (Lipinski definition) is 1. The second kappa shape index (κ2) is 8.31. The van der Waals surface area contributed by atoms with Gasteiger partial charge in [-0.25, -0.2) is 18.4 Å². The third-order valence-electron chi connectivity index (χ3n) is 5.02. The third kappa shape index (κ3) is 5.46. The number of nitrogens with one attached hydrogen (secondary N) is 1. The lowest BCUT2D eigenvalue weighted by molar-refractivity contribution is 0.230. The van der Waals surface area contributed by atoms with Crippen LogP contribution in [0.3, 0.4) is 0 Å². The Balaban J connectivity index is 1.65. The lowest BCUT2D eigenvalue weighted by atomic mass is 10.0. The zero-order chi connectivity index (χ0) is 19.4. The van der Waals surface area contributed by atoms with E-state index >= 15 is 0 Å². The van der Waals surface area contributed by atoms with Gasteiger partial charge in [-0.2, -0.15) is 0 Å². The van der Waals surface area contributed by atoms with Crippen molar-refractivity contribution in [2.45, 2.75) is 32.7 Å². The fourth-order valence-corrected chi connectivity index (χ4v) is 3.77. The maximum absolute atomic E-state index is 11.3. The second-order valence-electron chi connectivity index (χ2n) is 7.24. The number of pyridine rings is 1. The quantitative estimate of drug-likeness (QED) is 0.809. The first-order valence-corrected chi connectivity index (χ1v) is 11.3. The molecule has 3 heterocycles. The fourth-order valence-electron chi connectivity index (χ4n) is 3.18. The van der Waals surface area contributed by atoms with Gasteiger partial charge in [-0.05, 0) is 38.8 Å². The number of piperidine rings is 1. The number of hydrogen-bond acceptors (Lipinski definition) is 7. The summed E-state index contributed by atoms with van der Waals surface area (Å²) in [4.78, 5) is 15.7. The van der Waals surface area contributed by atoms with Crippen LogP contribution >= 0.6 is 0 Å². The highest BCUT2D eigenvalue weighted by Gasteiger charge is 2.21. The monoisotopic (exact) mass is 389 g/mol. The van der Waals surface area contributed by atoms with Crippen LogP contribution in [0.15, 0.2) is 24.5 Å². The van der Waals surface area contributed by atoms with Gasteiger partial charge in [0.25, 0.3) is 0 Å². The van der Waals surface area contributed by atoms with Gasteiger partial charge in [0.05, 0.1) is 5.75 Å². The van der Waals surface area contributed by atoms with Gasteiger partial charge in [0, 0.05) is 61.1 Å². The van der Waals surface area contributed by atoms with Crippen LogP contribution in [0.2, 0.25) is 0 Å². The van der Waals surface area contributed by atoms with Crippen molar-refractivity contribution in [3.8, 4) is 11.4 Å². The molecule has 0 aliphatic carbocycles. The molecule has 1 saturated heterocycles. The first-order chi connectivity index (χ1) is 12.8. The SMILES string of the molecule is Cc1nc(-c2cccnc2)nc(NC2CCN(CCS(C)(=O)=O)CC2)c1C. The molecule has 3 rings (SSSR count). The van der Waals surface area contributed by atoms with E-state index in [1.54, 1.807) is 12.4 Å². The highest BCUT2D eigenvalue weighted by atomic mass is 32.2. The predicted molar refractivity (Wildman–Crippen MR) is 108 cm³/mol. The summed E-state index contributed by atoms with van der Waals surface area (Å²) >= 11 is 0. The molecule has 7 nitrogen and oxygen atoms in total. The van der Waals surface area contributed by atoms with E-state index in [4.69, 9.17) is 4.98 Å². The Morgan fingerprint density at radius 3 is 2.59 bits per heavy atom. The van der Waals surface area contributed by atoms with Crippen LogP contribution in [0.4, 0.5) is 5.82 Å². The summed E-state index contributed by atoms with van der Waals surface area (Å²) < 4.78 is 22.7. The molecule has 0 unspecified atom stereocenters. The van der Waals surface area contributed by atoms with Gasteiger partial charge < -0.3 is 10.2 Å². The summed E-state index contributed by atoms with van der Waals surface area (Å²) in [6, 6.07) is 4.17. The molecule has 27 heavy (non-hydrogen) atoms. The molecule has 1 fully saturated rings. The zero-order valence-corrected chi connectivity index (χ0v) is 17.0. The van der Waals surface area contributed by atoms with E-state index in [0.717, 1.165) is 48.6 Å². The first kappa shape index (κ1) is 19.7. The Morgan fingerprint density at radius 2 is 1.96 bits per heavy atom. The minimum atomic E-state index is -2.91. The predicted octanol–water partition coefficient (Wildman–Crippen LogP) is 2.08. The van der Waals surface area contributed by atoms with Crippen LogP contribution < -0.4 is 5.32 Å². The van der Waals surface area contributed by atoms with Gasteiger partial charge in [-0.1, -0.05) is 0 Å². The van der Waals surface area contributed by atoms with Crippen molar-refractivity contribution in [1.82, 2.24) is 19.9 Å². The highest BCUT2D eigenvalue weighted by molar-refractivity contribution is 7.90. The van der Waals surface area contributed by atoms with Gasteiger partial charge in [-0.15, -0.1) is 0 Å². The maximum atomic E-state index is 11.3. The van der Waals surface area contributed by atoms with Crippen molar-refractivity contribution in [2.24, 2.45) is 0 Å². The fraction of sp³-hybridized carbons (Fsp3) is 0.526. The smallest absolute Gasteiger partial charge is 0.163 e. The topological polar surface area (TPSA) is 88.1 Å². The van der Waals surface area contributed by atoms with Crippen LogP contribution in [0.25, 0.3) is 11.4 Å². The van der Waals surface area contributed by atoms with Crippen LogP contribution in [0.1, 0.15) is 24.1 Å². The van der Waals surface area contributed by atoms with Crippen molar-refractivity contribution < 1.29 is 8.42 Å². The maximum Gasteiger partial charge on any atom is 0.163 e. The number of anilines is 1. The highest BCUT2D eigenvalue weighted by Crippen LogP contribution is 2.23. The molecule has 8 heteroatoms. The number of nitrogens with zero attached hydrogens (tertiary/aromatic N) is 4. The first-order valence-electron chi connectivity index (χ1n) is 9.24. The van der Waals surface area contributed by atoms with Crippen LogP contribution in [0, 0.1) is 13.8 Å². The molecular weight excluding hydrogens is 362 g/mol. The molecule has 1 N–H and O–H groups in total. The summed E-state index contributed by atoms with van der Waals surface area (Å²) in [6.07, 6.45) is 6.74. The average Bonchev–Trinajstić information content (AvgIpc) is 2.65. The lowest BCUT2D eigenvalue weighted by Gasteiger charge is -2.32. The number of sulfone groups is 1. The molecule has 0 radical (unpaired) electrons. The number of rotatable bonds is 6. The molecule has 1 aliphatic heterocycles. The van der Waals surface area contributed by atoms with Gasteiger partial charge >= 0.3 is 0 Å². The molecule has 146 valence electrons. The summed E-state index contributed by atoms with van der Waals surface area (Å²) in [7, 11) is -2.91. The van der Waals surface area contributed by atoms with Crippen LogP contribution in [-0.4, -0.2) is 66.0 Å². The van der Waals surface area contributed by atoms with Crippen LogP contribution in [0.5, 0.6) is 0 Å². The Bertz CT molecular complexity index is 878. The Morgan fingerprint density at radius 1 is 1.22 bits per heavy atom. The molecule has 1 aliphatic rings. The minimum Gasteiger partial charge on any atom is -0.367 e. The Labute approximate surface area is 161 Å². The van der Waals surface area contributed by atoms with E-state index in [0.29, 0.717) is 18.4 Å². The molecule has 0 bridgehead atoms. The molecule has 0 spiro atoms. The van der Waals surface area contributed by atoms with Gasteiger partial charge in [0.2, 0.25) is 0 Å². The number of aromatic nitrogens is 3. The van der Waals surface area contributed by atoms with E-state index in [2.05, 4.69) is 20.2 Å². The van der Waals surface area contributed by atoms with Gasteiger partial charge in [-0.3, -0.25) is 4.98 Å². The molecule has 2 aromatic rings. The largest absolute Gasteiger partial charge is 0.367 e. The molecule has 2 aromatic heterocycles. The summed E-state index contributed by atoms with van der Waals surface area (Å²) in [5.74, 6) is 1.78. The van der Waals surface area contributed by atoms with Crippen molar-refractivity contribution in [1.29, 1.82) is 0 Å². The standard InChI is InChI=1S/C19H27N5O2S/c1-14-15(2)21-19(16-5-4-8-20-13-16)23-18(14)22-17-6-9-24(10-7-17)11-12-27(3,25)26/h4-5,8,13,17H,6-7,9-12H2,1-3H3,(H,21,22,23). The van der Waals surface area contributed by atoms with Gasteiger partial charge in [0.1, 0.15) is 15.7 Å². The van der Waals surface area contributed by atoms with E-state index in [9.17, 15) is 8.42 Å². The second-order valence-corrected chi connectivity index (χ2v) is 9.50. The summed E-state index contributed by atoms with van der Waals surface area (Å²) in [6.45, 7) is 6.43. The van der Waals surface area contributed by atoms with E-state index in [-0.39, 0.29) is 5.75 Å². The average molecular weight is 390 g/mol.